The van der Waals surface area contributed by atoms with E-state index in [0.717, 1.165) is 28.2 Å². The molecule has 0 radical (unpaired) electrons. The number of Topliss-reactive ketones (excluding diaryl/α,β-unsaturated/α-hetero) is 2. The number of methoxy groups -OCH3 is 2. The van der Waals surface area contributed by atoms with Crippen molar-refractivity contribution < 1.29 is 38.1 Å². The second kappa shape index (κ2) is 20.0. The molecule has 4 aromatic rings. The summed E-state index contributed by atoms with van der Waals surface area (Å²) in [5.74, 6) is 4.16. The molecule has 8 nitrogen and oxygen atoms in total. The maximum Gasteiger partial charge on any atom is 0.338 e. The molecule has 3 saturated carbocycles. The quantitative estimate of drug-likeness (QED) is 0.0961. The van der Waals surface area contributed by atoms with Crippen LogP contribution in [0.5, 0.6) is 0 Å². The Hall–Kier alpha value is -4.40. The first-order chi connectivity index (χ1) is 25.1. The monoisotopic (exact) mass is 710 g/mol. The standard InChI is InChI=1S/C16H16O4.C15H14O3.C10H16.C3H8O/c1-11(17)12-3-4-14-10-15(6-5-13(14)9-12)16(18)20-8-7-19-2;1-3-18-15(17)14-7-6-12-8-11(10(2)16)4-5-13(12)9-14;1-2-9-7-4-5-8(6-7)10(9)3-1;1-3-4-2/h3-6,9-10H,7-8H2,1-2H3;4-9H,3H2,1-2H3;7-10H,1-6H2;3H2,1-2H3. The van der Waals surface area contributed by atoms with Crippen molar-refractivity contribution in [2.24, 2.45) is 23.7 Å². The lowest BCUT2D eigenvalue weighted by Crippen LogP contribution is -2.15. The molecule has 4 atom stereocenters. The van der Waals surface area contributed by atoms with Crippen LogP contribution in [0.4, 0.5) is 0 Å². The topological polar surface area (TPSA) is 105 Å². The molecule has 0 amide bonds. The lowest BCUT2D eigenvalue weighted by Gasteiger charge is -2.23. The first-order valence-electron chi connectivity index (χ1n) is 18.5. The van der Waals surface area contributed by atoms with Crippen molar-refractivity contribution >= 4 is 45.0 Å². The molecule has 3 aliphatic carbocycles. The van der Waals surface area contributed by atoms with Gasteiger partial charge in [0.15, 0.2) is 11.6 Å². The molecule has 0 saturated heterocycles. The number of carbonyl (C=O) groups excluding carboxylic acids is 4. The van der Waals surface area contributed by atoms with E-state index in [4.69, 9.17) is 14.2 Å². The number of hydrogen-bond acceptors (Lipinski definition) is 8. The fraction of sp³-hybridized carbons (Fsp3) is 0.455. The molecule has 0 N–H and O–H groups in total. The minimum absolute atomic E-state index is 0.0231. The van der Waals surface area contributed by atoms with Crippen molar-refractivity contribution in [1.29, 1.82) is 0 Å². The molecule has 0 heterocycles. The molecular formula is C44H54O8. The maximum absolute atomic E-state index is 11.8. The molecule has 7 rings (SSSR count). The van der Waals surface area contributed by atoms with Crippen LogP contribution in [0, 0.1) is 23.7 Å². The van der Waals surface area contributed by atoms with E-state index in [9.17, 15) is 19.2 Å². The third-order valence-electron chi connectivity index (χ3n) is 10.4. The van der Waals surface area contributed by atoms with Crippen LogP contribution < -0.4 is 0 Å². The lowest BCUT2D eigenvalue weighted by molar-refractivity contribution is 0.0387. The van der Waals surface area contributed by atoms with Crippen LogP contribution in [0.25, 0.3) is 21.5 Å². The Labute approximate surface area is 308 Å². The van der Waals surface area contributed by atoms with Gasteiger partial charge in [0.2, 0.25) is 0 Å². The minimum Gasteiger partial charge on any atom is -0.462 e. The Morgan fingerprint density at radius 1 is 0.538 bits per heavy atom. The molecule has 52 heavy (non-hydrogen) atoms. The van der Waals surface area contributed by atoms with Gasteiger partial charge < -0.3 is 18.9 Å². The summed E-state index contributed by atoms with van der Waals surface area (Å²) < 4.78 is 19.4. The highest BCUT2D eigenvalue weighted by Gasteiger charge is 2.48. The first-order valence-corrected chi connectivity index (χ1v) is 18.5. The van der Waals surface area contributed by atoms with Gasteiger partial charge in [-0.1, -0.05) is 42.8 Å². The van der Waals surface area contributed by atoms with E-state index in [-0.39, 0.29) is 30.1 Å². The SMILES string of the molecule is C1CC2C3CCC(C3)C2C1.CCOC.CCOC(=O)c1ccc2cc(C(C)=O)ccc2c1.COCCOC(=O)c1ccc2cc(C(C)=O)ccc2c1. The summed E-state index contributed by atoms with van der Waals surface area (Å²) in [4.78, 5) is 46.0. The minimum atomic E-state index is -0.375. The number of benzene rings is 4. The van der Waals surface area contributed by atoms with Crippen LogP contribution in [-0.4, -0.2) is 64.2 Å². The van der Waals surface area contributed by atoms with Crippen molar-refractivity contribution in [3.05, 3.63) is 95.1 Å². The normalized spacial score (nSPS) is 19.3. The zero-order chi connectivity index (χ0) is 37.6. The number of ether oxygens (including phenoxy) is 4. The van der Waals surface area contributed by atoms with Crippen molar-refractivity contribution in [1.82, 2.24) is 0 Å². The Morgan fingerprint density at radius 2 is 0.942 bits per heavy atom. The van der Waals surface area contributed by atoms with Gasteiger partial charge in [-0.25, -0.2) is 9.59 Å². The molecule has 0 aromatic heterocycles. The molecular weight excluding hydrogens is 656 g/mol. The van der Waals surface area contributed by atoms with E-state index in [1.807, 2.05) is 43.3 Å². The van der Waals surface area contributed by atoms with Gasteiger partial charge in [0.1, 0.15) is 6.61 Å². The second-order valence-electron chi connectivity index (χ2n) is 13.7. The molecule has 0 aliphatic heterocycles. The van der Waals surface area contributed by atoms with Crippen LogP contribution in [0.3, 0.4) is 0 Å². The van der Waals surface area contributed by atoms with Crippen LogP contribution in [0.1, 0.15) is 108 Å². The number of rotatable bonds is 9. The Kier molecular flexibility index (Phi) is 15.5. The number of carbonyl (C=O) groups is 4. The van der Waals surface area contributed by atoms with Crippen LogP contribution >= 0.6 is 0 Å². The summed E-state index contributed by atoms with van der Waals surface area (Å²) in [5, 5.41) is 3.68. The van der Waals surface area contributed by atoms with Crippen molar-refractivity contribution in [2.45, 2.75) is 66.2 Å². The van der Waals surface area contributed by atoms with Gasteiger partial charge in [0.05, 0.1) is 24.3 Å². The van der Waals surface area contributed by atoms with Gasteiger partial charge in [-0.05, 0) is 141 Å². The Morgan fingerprint density at radius 3 is 1.33 bits per heavy atom. The predicted octanol–water partition coefficient (Wildman–Crippen LogP) is 9.55. The van der Waals surface area contributed by atoms with Crippen molar-refractivity contribution in [3.8, 4) is 0 Å². The highest BCUT2D eigenvalue weighted by Crippen LogP contribution is 2.58. The molecule has 3 aliphatic rings. The summed E-state index contributed by atoms with van der Waals surface area (Å²) in [5.41, 5.74) is 2.35. The van der Waals surface area contributed by atoms with Crippen LogP contribution in [-0.2, 0) is 18.9 Å². The zero-order valence-electron chi connectivity index (χ0n) is 31.6. The number of fused-ring (bicyclic) bond motifs is 7. The number of hydrogen-bond donors (Lipinski definition) is 0. The summed E-state index contributed by atoms with van der Waals surface area (Å²) in [6.45, 7) is 8.59. The van der Waals surface area contributed by atoms with Gasteiger partial charge in [-0.15, -0.1) is 0 Å². The molecule has 3 fully saturated rings. The van der Waals surface area contributed by atoms with E-state index in [2.05, 4.69) is 4.74 Å². The first kappa shape index (κ1) is 40.4. The highest BCUT2D eigenvalue weighted by molar-refractivity contribution is 6.01. The third-order valence-corrected chi connectivity index (χ3v) is 10.4. The van der Waals surface area contributed by atoms with Gasteiger partial charge >= 0.3 is 11.9 Å². The third kappa shape index (κ3) is 10.8. The zero-order valence-corrected chi connectivity index (χ0v) is 31.6. The van der Waals surface area contributed by atoms with E-state index in [0.29, 0.717) is 35.5 Å². The average Bonchev–Trinajstić information content (AvgIpc) is 3.92. The van der Waals surface area contributed by atoms with E-state index in [1.165, 1.54) is 37.5 Å². The van der Waals surface area contributed by atoms with E-state index in [1.54, 1.807) is 96.1 Å². The van der Waals surface area contributed by atoms with E-state index < -0.39 is 0 Å². The summed E-state index contributed by atoms with van der Waals surface area (Å²) in [6, 6.07) is 21.4. The van der Waals surface area contributed by atoms with Crippen molar-refractivity contribution in [2.75, 3.05) is 40.6 Å². The van der Waals surface area contributed by atoms with Crippen LogP contribution in [0.2, 0.25) is 0 Å². The predicted molar refractivity (Wildman–Crippen MR) is 205 cm³/mol. The summed E-state index contributed by atoms with van der Waals surface area (Å²) in [6.07, 6.45) is 9.53. The average molecular weight is 711 g/mol. The second-order valence-corrected chi connectivity index (χ2v) is 13.7. The van der Waals surface area contributed by atoms with Gasteiger partial charge in [-0.3, -0.25) is 9.59 Å². The summed E-state index contributed by atoms with van der Waals surface area (Å²) >= 11 is 0. The fourth-order valence-electron chi connectivity index (χ4n) is 7.72. The van der Waals surface area contributed by atoms with Crippen LogP contribution in [0.15, 0.2) is 72.8 Å². The van der Waals surface area contributed by atoms with E-state index >= 15 is 0 Å². The Bertz CT molecular complexity index is 1810. The maximum atomic E-state index is 11.8. The molecule has 4 unspecified atom stereocenters. The van der Waals surface area contributed by atoms with Gasteiger partial charge in [-0.2, -0.15) is 0 Å². The molecule has 8 heteroatoms. The number of ketones is 2. The molecule has 2 bridgehead atoms. The Balaban J connectivity index is 0.000000172. The molecule has 0 spiro atoms. The molecule has 278 valence electrons. The fourth-order valence-corrected chi connectivity index (χ4v) is 7.72. The summed E-state index contributed by atoms with van der Waals surface area (Å²) in [7, 11) is 3.23. The highest BCUT2D eigenvalue weighted by atomic mass is 16.6. The van der Waals surface area contributed by atoms with Crippen molar-refractivity contribution in [3.63, 3.8) is 0 Å². The lowest BCUT2D eigenvalue weighted by atomic mass is 9.82. The number of esters is 2. The smallest absolute Gasteiger partial charge is 0.338 e. The molecule has 4 aromatic carbocycles. The van der Waals surface area contributed by atoms with Gasteiger partial charge in [0, 0.05) is 32.0 Å². The largest absolute Gasteiger partial charge is 0.462 e. The van der Waals surface area contributed by atoms with Gasteiger partial charge in [0.25, 0.3) is 0 Å².